The molecule has 0 unspecified atom stereocenters. The highest BCUT2D eigenvalue weighted by Gasteiger charge is 2.25. The first-order valence-corrected chi connectivity index (χ1v) is 6.80. The van der Waals surface area contributed by atoms with E-state index in [9.17, 15) is 9.59 Å². The Labute approximate surface area is 110 Å². The molecule has 0 bridgehead atoms. The summed E-state index contributed by atoms with van der Waals surface area (Å²) in [5, 5.41) is 4.72. The molecule has 0 radical (unpaired) electrons. The Morgan fingerprint density at radius 1 is 1.39 bits per heavy atom. The standard InChI is InChI=1S/C11H16N4O2S/c1-2-14-4-6-15(7-5-14)10(17)9(16)13-11-12-3-8-18-11/h3,8H,2,4-7H2,1H3,(H,12,13,16). The van der Waals surface area contributed by atoms with Crippen LogP contribution in [0.2, 0.25) is 0 Å². The van der Waals surface area contributed by atoms with E-state index in [-0.39, 0.29) is 0 Å². The zero-order valence-corrected chi connectivity index (χ0v) is 11.1. The first-order chi connectivity index (χ1) is 8.70. The number of hydrogen-bond donors (Lipinski definition) is 1. The molecule has 6 nitrogen and oxygen atoms in total. The van der Waals surface area contributed by atoms with E-state index in [0.717, 1.165) is 19.6 Å². The molecule has 1 aliphatic heterocycles. The molecule has 0 saturated carbocycles. The number of nitrogens with zero attached hydrogens (tertiary/aromatic N) is 3. The third-order valence-corrected chi connectivity index (χ3v) is 3.64. The van der Waals surface area contributed by atoms with E-state index in [1.165, 1.54) is 11.3 Å². The number of nitrogens with one attached hydrogen (secondary N) is 1. The van der Waals surface area contributed by atoms with Crippen molar-refractivity contribution in [3.05, 3.63) is 11.6 Å². The molecule has 1 N–H and O–H groups in total. The highest BCUT2D eigenvalue weighted by molar-refractivity contribution is 7.13. The molecule has 0 aromatic carbocycles. The number of rotatable bonds is 2. The van der Waals surface area contributed by atoms with Gasteiger partial charge in [0.25, 0.3) is 0 Å². The van der Waals surface area contributed by atoms with Gasteiger partial charge in [-0.15, -0.1) is 11.3 Å². The summed E-state index contributed by atoms with van der Waals surface area (Å²) in [5.74, 6) is -1.07. The van der Waals surface area contributed by atoms with Crippen LogP contribution in [0.5, 0.6) is 0 Å². The van der Waals surface area contributed by atoms with Crippen molar-refractivity contribution in [3.8, 4) is 0 Å². The first-order valence-electron chi connectivity index (χ1n) is 5.93. The summed E-state index contributed by atoms with van der Waals surface area (Å²) in [7, 11) is 0. The van der Waals surface area contributed by atoms with E-state index in [0.29, 0.717) is 18.2 Å². The van der Waals surface area contributed by atoms with Gasteiger partial charge < -0.3 is 9.80 Å². The maximum atomic E-state index is 11.9. The van der Waals surface area contributed by atoms with Crippen molar-refractivity contribution in [2.45, 2.75) is 6.92 Å². The topological polar surface area (TPSA) is 65.5 Å². The van der Waals surface area contributed by atoms with E-state index >= 15 is 0 Å². The second-order valence-corrected chi connectivity index (χ2v) is 4.91. The fourth-order valence-corrected chi connectivity index (χ4v) is 2.37. The van der Waals surface area contributed by atoms with E-state index in [1.54, 1.807) is 16.5 Å². The zero-order chi connectivity index (χ0) is 13.0. The van der Waals surface area contributed by atoms with Crippen LogP contribution in [0.3, 0.4) is 0 Å². The van der Waals surface area contributed by atoms with Gasteiger partial charge in [0.1, 0.15) is 0 Å². The Bertz CT molecular complexity index is 413. The molecular formula is C11H16N4O2S. The van der Waals surface area contributed by atoms with Crippen LogP contribution in [0, 0.1) is 0 Å². The number of anilines is 1. The van der Waals surface area contributed by atoms with Gasteiger partial charge in [-0.05, 0) is 6.54 Å². The molecule has 1 fully saturated rings. The van der Waals surface area contributed by atoms with E-state index < -0.39 is 11.8 Å². The van der Waals surface area contributed by atoms with Crippen molar-refractivity contribution in [3.63, 3.8) is 0 Å². The van der Waals surface area contributed by atoms with Crippen LogP contribution >= 0.6 is 11.3 Å². The smallest absolute Gasteiger partial charge is 0.315 e. The van der Waals surface area contributed by atoms with Crippen LogP contribution in [-0.4, -0.2) is 59.3 Å². The summed E-state index contributed by atoms with van der Waals surface area (Å²) >= 11 is 1.30. The molecule has 2 heterocycles. The van der Waals surface area contributed by atoms with Gasteiger partial charge in [0.05, 0.1) is 0 Å². The minimum absolute atomic E-state index is 0.459. The van der Waals surface area contributed by atoms with Crippen LogP contribution in [-0.2, 0) is 9.59 Å². The van der Waals surface area contributed by atoms with Gasteiger partial charge in [0.15, 0.2) is 5.13 Å². The zero-order valence-electron chi connectivity index (χ0n) is 10.3. The van der Waals surface area contributed by atoms with Crippen LogP contribution < -0.4 is 5.32 Å². The lowest BCUT2D eigenvalue weighted by molar-refractivity contribution is -0.144. The lowest BCUT2D eigenvalue weighted by atomic mass is 10.3. The number of likely N-dealkylation sites (N-methyl/N-ethyl adjacent to an activating group) is 1. The molecular weight excluding hydrogens is 252 g/mol. The average molecular weight is 268 g/mol. The van der Waals surface area contributed by atoms with Crippen molar-refractivity contribution >= 4 is 28.3 Å². The molecule has 1 saturated heterocycles. The summed E-state index contributed by atoms with van der Waals surface area (Å²) in [6, 6.07) is 0. The van der Waals surface area contributed by atoms with E-state index in [1.807, 2.05) is 0 Å². The highest BCUT2D eigenvalue weighted by Crippen LogP contribution is 2.10. The summed E-state index contributed by atoms with van der Waals surface area (Å²) in [4.78, 5) is 31.4. The van der Waals surface area contributed by atoms with Crippen molar-refractivity contribution < 1.29 is 9.59 Å². The van der Waals surface area contributed by atoms with Crippen LogP contribution in [0.1, 0.15) is 6.92 Å². The van der Waals surface area contributed by atoms with Gasteiger partial charge in [-0.2, -0.15) is 0 Å². The minimum Gasteiger partial charge on any atom is -0.332 e. The molecule has 1 aliphatic rings. The molecule has 1 aromatic rings. The summed E-state index contributed by atoms with van der Waals surface area (Å²) in [5.41, 5.74) is 0. The molecule has 7 heteroatoms. The van der Waals surface area contributed by atoms with Crippen LogP contribution in [0.4, 0.5) is 5.13 Å². The fraction of sp³-hybridized carbons (Fsp3) is 0.545. The van der Waals surface area contributed by atoms with Gasteiger partial charge in [-0.1, -0.05) is 6.92 Å². The monoisotopic (exact) mass is 268 g/mol. The molecule has 2 rings (SSSR count). The van der Waals surface area contributed by atoms with Gasteiger partial charge >= 0.3 is 11.8 Å². The number of piperazine rings is 1. The second-order valence-electron chi connectivity index (χ2n) is 4.02. The highest BCUT2D eigenvalue weighted by atomic mass is 32.1. The maximum absolute atomic E-state index is 11.9. The van der Waals surface area contributed by atoms with Crippen molar-refractivity contribution in [1.29, 1.82) is 0 Å². The van der Waals surface area contributed by atoms with Gasteiger partial charge in [-0.25, -0.2) is 4.98 Å². The Morgan fingerprint density at radius 2 is 2.11 bits per heavy atom. The summed E-state index contributed by atoms with van der Waals surface area (Å²) in [6.07, 6.45) is 1.59. The Hall–Kier alpha value is -1.47. The molecule has 98 valence electrons. The number of amides is 2. The van der Waals surface area contributed by atoms with Crippen LogP contribution in [0.15, 0.2) is 11.6 Å². The average Bonchev–Trinajstić information content (AvgIpc) is 2.91. The largest absolute Gasteiger partial charge is 0.332 e. The van der Waals surface area contributed by atoms with Gasteiger partial charge in [0.2, 0.25) is 0 Å². The number of aromatic nitrogens is 1. The maximum Gasteiger partial charge on any atom is 0.315 e. The third kappa shape index (κ3) is 3.05. The molecule has 0 atom stereocenters. The van der Waals surface area contributed by atoms with E-state index in [4.69, 9.17) is 0 Å². The normalized spacial score (nSPS) is 16.6. The van der Waals surface area contributed by atoms with Crippen molar-refractivity contribution in [2.75, 3.05) is 38.0 Å². The predicted molar refractivity (Wildman–Crippen MR) is 69.4 cm³/mol. The van der Waals surface area contributed by atoms with Gasteiger partial charge in [0, 0.05) is 37.8 Å². The molecule has 18 heavy (non-hydrogen) atoms. The number of carbonyl (C=O) groups excluding carboxylic acids is 2. The number of thiazole rings is 1. The third-order valence-electron chi connectivity index (χ3n) is 2.95. The lowest BCUT2D eigenvalue weighted by Gasteiger charge is -2.33. The van der Waals surface area contributed by atoms with Crippen molar-refractivity contribution in [1.82, 2.24) is 14.8 Å². The Balaban J connectivity index is 1.86. The quantitative estimate of drug-likeness (QED) is 0.781. The minimum atomic E-state index is -0.602. The van der Waals surface area contributed by atoms with Crippen molar-refractivity contribution in [2.24, 2.45) is 0 Å². The van der Waals surface area contributed by atoms with Gasteiger partial charge in [-0.3, -0.25) is 14.9 Å². The lowest BCUT2D eigenvalue weighted by Crippen LogP contribution is -2.51. The number of carbonyl (C=O) groups is 2. The Kier molecular flexibility index (Phi) is 4.27. The molecule has 0 aliphatic carbocycles. The molecule has 0 spiro atoms. The first kappa shape index (κ1) is 13.0. The van der Waals surface area contributed by atoms with Crippen LogP contribution in [0.25, 0.3) is 0 Å². The second kappa shape index (κ2) is 5.92. The Morgan fingerprint density at radius 3 is 2.67 bits per heavy atom. The summed E-state index contributed by atoms with van der Waals surface area (Å²) < 4.78 is 0. The molecule has 1 aromatic heterocycles. The summed E-state index contributed by atoms with van der Waals surface area (Å²) in [6.45, 7) is 5.94. The number of hydrogen-bond acceptors (Lipinski definition) is 5. The molecule has 2 amide bonds. The SMILES string of the molecule is CCN1CCN(C(=O)C(=O)Nc2nccs2)CC1. The fourth-order valence-electron chi connectivity index (χ4n) is 1.85. The van der Waals surface area contributed by atoms with E-state index in [2.05, 4.69) is 22.1 Å². The predicted octanol–water partition coefficient (Wildman–Crippen LogP) is 0.246.